The van der Waals surface area contributed by atoms with Crippen molar-refractivity contribution >= 4 is 6.09 Å². The molecule has 1 amide bonds. The number of rotatable bonds is 4. The lowest BCUT2D eigenvalue weighted by Gasteiger charge is -2.35. The molecule has 0 aliphatic carbocycles. The average Bonchev–Trinajstić information content (AvgIpc) is 2.28. The number of piperazine rings is 1. The zero-order valence-corrected chi connectivity index (χ0v) is 11.6. The van der Waals surface area contributed by atoms with Gasteiger partial charge in [-0.3, -0.25) is 4.90 Å². The Morgan fingerprint density at radius 3 is 2.39 bits per heavy atom. The molecule has 1 heterocycles. The summed E-state index contributed by atoms with van der Waals surface area (Å²) >= 11 is 0. The molecule has 106 valence electrons. The lowest BCUT2D eigenvalue weighted by atomic mass is 10.2. The molecule has 0 spiro atoms. The van der Waals surface area contributed by atoms with E-state index in [4.69, 9.17) is 9.94 Å². The minimum Gasteiger partial charge on any atom is -0.444 e. The number of ether oxygens (including phenoxy) is 1. The minimum absolute atomic E-state index is 0.223. The van der Waals surface area contributed by atoms with Crippen LogP contribution in [0, 0.1) is 0 Å². The molecule has 1 fully saturated rings. The number of amides is 1. The van der Waals surface area contributed by atoms with Gasteiger partial charge in [0, 0.05) is 32.7 Å². The first-order chi connectivity index (χ1) is 8.42. The highest BCUT2D eigenvalue weighted by Crippen LogP contribution is 2.11. The van der Waals surface area contributed by atoms with Gasteiger partial charge in [0.2, 0.25) is 0 Å². The van der Waals surface area contributed by atoms with Crippen LogP contribution in [0.1, 0.15) is 27.2 Å². The Morgan fingerprint density at radius 2 is 1.89 bits per heavy atom. The van der Waals surface area contributed by atoms with Crippen molar-refractivity contribution in [1.29, 1.82) is 0 Å². The van der Waals surface area contributed by atoms with Crippen molar-refractivity contribution in [2.75, 3.05) is 39.3 Å². The third kappa shape index (κ3) is 5.66. The topological polar surface area (TPSA) is 65.0 Å². The van der Waals surface area contributed by atoms with Crippen LogP contribution < -0.4 is 5.48 Å². The van der Waals surface area contributed by atoms with E-state index in [0.717, 1.165) is 26.1 Å². The maximum absolute atomic E-state index is 11.8. The molecular weight excluding hydrogens is 234 g/mol. The highest BCUT2D eigenvalue weighted by atomic mass is 16.6. The van der Waals surface area contributed by atoms with E-state index in [2.05, 4.69) is 10.4 Å². The van der Waals surface area contributed by atoms with E-state index in [1.54, 1.807) is 4.90 Å². The van der Waals surface area contributed by atoms with Gasteiger partial charge in [0.15, 0.2) is 0 Å². The monoisotopic (exact) mass is 259 g/mol. The van der Waals surface area contributed by atoms with Crippen molar-refractivity contribution in [2.24, 2.45) is 0 Å². The van der Waals surface area contributed by atoms with E-state index in [1.165, 1.54) is 0 Å². The molecular formula is C12H25N3O3. The average molecular weight is 259 g/mol. The molecule has 0 radical (unpaired) electrons. The van der Waals surface area contributed by atoms with Gasteiger partial charge in [-0.2, -0.15) is 0 Å². The minimum atomic E-state index is -0.430. The molecule has 0 aromatic heterocycles. The van der Waals surface area contributed by atoms with Gasteiger partial charge in [-0.1, -0.05) is 0 Å². The Hall–Kier alpha value is -0.850. The molecule has 0 saturated carbocycles. The van der Waals surface area contributed by atoms with E-state index < -0.39 is 5.60 Å². The molecule has 0 atom stereocenters. The van der Waals surface area contributed by atoms with Crippen LogP contribution in [0.4, 0.5) is 4.79 Å². The normalized spacial score (nSPS) is 17.9. The summed E-state index contributed by atoms with van der Waals surface area (Å²) in [5.41, 5.74) is 1.72. The van der Waals surface area contributed by atoms with Crippen LogP contribution in [-0.4, -0.2) is 66.0 Å². The number of hydrogen-bond donors (Lipinski definition) is 2. The Labute approximate surface area is 109 Å². The summed E-state index contributed by atoms with van der Waals surface area (Å²) < 4.78 is 5.34. The molecule has 6 heteroatoms. The van der Waals surface area contributed by atoms with Crippen LogP contribution in [0.3, 0.4) is 0 Å². The lowest BCUT2D eigenvalue weighted by molar-refractivity contribution is 0.0143. The molecule has 0 aromatic carbocycles. The van der Waals surface area contributed by atoms with E-state index in [0.29, 0.717) is 19.6 Å². The zero-order valence-electron chi connectivity index (χ0n) is 11.6. The van der Waals surface area contributed by atoms with Crippen molar-refractivity contribution in [3.63, 3.8) is 0 Å². The third-order valence-electron chi connectivity index (χ3n) is 2.79. The first kappa shape index (κ1) is 15.2. The van der Waals surface area contributed by atoms with Gasteiger partial charge in [0.25, 0.3) is 0 Å². The Bertz CT molecular complexity index is 258. The van der Waals surface area contributed by atoms with E-state index in [-0.39, 0.29) is 6.09 Å². The second-order valence-corrected chi connectivity index (χ2v) is 5.57. The first-order valence-electron chi connectivity index (χ1n) is 6.49. The standard InChI is InChI=1S/C12H25N3O3/c1-12(2,3)18-11(16)15-9-7-14(8-10-15)6-4-5-13-17/h13,17H,4-10H2,1-3H3. The lowest BCUT2D eigenvalue weighted by Crippen LogP contribution is -2.50. The van der Waals surface area contributed by atoms with Crippen molar-refractivity contribution in [2.45, 2.75) is 32.8 Å². The Morgan fingerprint density at radius 1 is 1.28 bits per heavy atom. The van der Waals surface area contributed by atoms with Crippen LogP contribution in [0.5, 0.6) is 0 Å². The number of hydroxylamine groups is 1. The van der Waals surface area contributed by atoms with E-state index in [1.807, 2.05) is 20.8 Å². The summed E-state index contributed by atoms with van der Waals surface area (Å²) in [6.45, 7) is 10.3. The maximum atomic E-state index is 11.8. The highest BCUT2D eigenvalue weighted by molar-refractivity contribution is 5.68. The highest BCUT2D eigenvalue weighted by Gasteiger charge is 2.25. The number of carbonyl (C=O) groups excluding carboxylic acids is 1. The molecule has 1 aliphatic heterocycles. The SMILES string of the molecule is CC(C)(C)OC(=O)N1CCN(CCCNO)CC1. The summed E-state index contributed by atoms with van der Waals surface area (Å²) in [5, 5.41) is 8.48. The third-order valence-corrected chi connectivity index (χ3v) is 2.79. The second kappa shape index (κ2) is 6.92. The van der Waals surface area contributed by atoms with Crippen LogP contribution in [-0.2, 0) is 4.74 Å². The van der Waals surface area contributed by atoms with Crippen LogP contribution in [0.15, 0.2) is 0 Å². The van der Waals surface area contributed by atoms with Crippen molar-refractivity contribution in [3.8, 4) is 0 Å². The van der Waals surface area contributed by atoms with Crippen molar-refractivity contribution in [1.82, 2.24) is 15.3 Å². The van der Waals surface area contributed by atoms with E-state index >= 15 is 0 Å². The van der Waals surface area contributed by atoms with Crippen molar-refractivity contribution < 1.29 is 14.7 Å². The van der Waals surface area contributed by atoms with Gasteiger partial charge in [-0.25, -0.2) is 10.3 Å². The zero-order chi connectivity index (χ0) is 13.6. The Kier molecular flexibility index (Phi) is 5.84. The van der Waals surface area contributed by atoms with Gasteiger partial charge < -0.3 is 14.8 Å². The molecule has 0 bridgehead atoms. The predicted molar refractivity (Wildman–Crippen MR) is 68.7 cm³/mol. The smallest absolute Gasteiger partial charge is 0.410 e. The number of hydrogen-bond acceptors (Lipinski definition) is 5. The summed E-state index contributed by atoms with van der Waals surface area (Å²) in [6.07, 6.45) is 0.683. The quantitative estimate of drug-likeness (QED) is 0.580. The number of nitrogens with zero attached hydrogens (tertiary/aromatic N) is 2. The van der Waals surface area contributed by atoms with Gasteiger partial charge in [0.05, 0.1) is 0 Å². The summed E-state index contributed by atoms with van der Waals surface area (Å²) in [5.74, 6) is 0. The summed E-state index contributed by atoms with van der Waals surface area (Å²) in [4.78, 5) is 15.9. The van der Waals surface area contributed by atoms with E-state index in [9.17, 15) is 4.79 Å². The van der Waals surface area contributed by atoms with Crippen LogP contribution >= 0.6 is 0 Å². The maximum Gasteiger partial charge on any atom is 0.410 e. The fraction of sp³-hybridized carbons (Fsp3) is 0.917. The molecule has 1 rings (SSSR count). The fourth-order valence-electron chi connectivity index (χ4n) is 1.86. The molecule has 0 aromatic rings. The largest absolute Gasteiger partial charge is 0.444 e. The van der Waals surface area contributed by atoms with Gasteiger partial charge >= 0.3 is 6.09 Å². The number of carbonyl (C=O) groups is 1. The second-order valence-electron chi connectivity index (χ2n) is 5.57. The van der Waals surface area contributed by atoms with Gasteiger partial charge in [-0.05, 0) is 33.7 Å². The molecule has 1 aliphatic rings. The van der Waals surface area contributed by atoms with Crippen LogP contribution in [0.25, 0.3) is 0 Å². The summed E-state index contributed by atoms with van der Waals surface area (Å²) in [6, 6.07) is 0. The van der Waals surface area contributed by atoms with Crippen molar-refractivity contribution in [3.05, 3.63) is 0 Å². The molecule has 2 N–H and O–H groups in total. The summed E-state index contributed by atoms with van der Waals surface area (Å²) in [7, 11) is 0. The molecule has 18 heavy (non-hydrogen) atoms. The Balaban J connectivity index is 2.24. The molecule has 0 unspecified atom stereocenters. The van der Waals surface area contributed by atoms with Gasteiger partial charge in [-0.15, -0.1) is 0 Å². The fourth-order valence-corrected chi connectivity index (χ4v) is 1.86. The first-order valence-corrected chi connectivity index (χ1v) is 6.49. The van der Waals surface area contributed by atoms with Crippen LogP contribution in [0.2, 0.25) is 0 Å². The van der Waals surface area contributed by atoms with Gasteiger partial charge in [0.1, 0.15) is 5.60 Å². The number of nitrogens with one attached hydrogen (secondary N) is 1. The predicted octanol–water partition coefficient (Wildman–Crippen LogP) is 0.908. The molecule has 1 saturated heterocycles. The molecule has 6 nitrogen and oxygen atoms in total.